The third kappa shape index (κ3) is 2.52. The SMILES string of the molecule is O=C1C=C2C(=CCOC2OC(=O)c2cccc(Br)c2)O1. The van der Waals surface area contributed by atoms with Gasteiger partial charge in [0.2, 0.25) is 6.29 Å². The van der Waals surface area contributed by atoms with Crippen LogP contribution in [0.2, 0.25) is 0 Å². The van der Waals surface area contributed by atoms with Gasteiger partial charge in [-0.05, 0) is 24.3 Å². The van der Waals surface area contributed by atoms with Gasteiger partial charge < -0.3 is 14.2 Å². The van der Waals surface area contributed by atoms with Gasteiger partial charge in [0.25, 0.3) is 0 Å². The summed E-state index contributed by atoms with van der Waals surface area (Å²) in [5.41, 5.74) is 0.828. The smallest absolute Gasteiger partial charge is 0.340 e. The van der Waals surface area contributed by atoms with Gasteiger partial charge in [0.05, 0.1) is 17.7 Å². The maximum atomic E-state index is 12.0. The number of hydrogen-bond donors (Lipinski definition) is 0. The minimum atomic E-state index is -0.923. The summed E-state index contributed by atoms with van der Waals surface area (Å²) in [6, 6.07) is 6.82. The number of halogens is 1. The second-order valence-corrected chi connectivity index (χ2v) is 5.09. The van der Waals surface area contributed by atoms with Gasteiger partial charge in [-0.3, -0.25) is 0 Å². The summed E-state index contributed by atoms with van der Waals surface area (Å²) in [4.78, 5) is 23.3. The van der Waals surface area contributed by atoms with Crippen molar-refractivity contribution in [2.24, 2.45) is 0 Å². The zero-order chi connectivity index (χ0) is 14.1. The van der Waals surface area contributed by atoms with Gasteiger partial charge in [0, 0.05) is 10.5 Å². The van der Waals surface area contributed by atoms with Crippen molar-refractivity contribution in [3.63, 3.8) is 0 Å². The summed E-state index contributed by atoms with van der Waals surface area (Å²) in [7, 11) is 0. The number of carbonyl (C=O) groups excluding carboxylic acids is 2. The van der Waals surface area contributed by atoms with Crippen LogP contribution in [0.25, 0.3) is 0 Å². The molecular weight excluding hydrogens is 328 g/mol. The molecule has 2 aliphatic heterocycles. The Morgan fingerprint density at radius 1 is 1.40 bits per heavy atom. The minimum absolute atomic E-state index is 0.219. The van der Waals surface area contributed by atoms with Crippen LogP contribution in [0.5, 0.6) is 0 Å². The molecule has 0 bridgehead atoms. The molecule has 102 valence electrons. The number of fused-ring (bicyclic) bond motifs is 1. The van der Waals surface area contributed by atoms with E-state index in [1.807, 2.05) is 0 Å². The largest absolute Gasteiger partial charge is 0.427 e. The molecule has 0 fully saturated rings. The average molecular weight is 337 g/mol. The Bertz CT molecular complexity index is 647. The van der Waals surface area contributed by atoms with Crippen molar-refractivity contribution in [2.45, 2.75) is 6.29 Å². The number of rotatable bonds is 2. The first-order chi connectivity index (χ1) is 9.63. The number of esters is 2. The van der Waals surface area contributed by atoms with Crippen LogP contribution in [0, 0.1) is 0 Å². The maximum Gasteiger partial charge on any atom is 0.340 e. The van der Waals surface area contributed by atoms with Gasteiger partial charge >= 0.3 is 11.9 Å². The van der Waals surface area contributed by atoms with Gasteiger partial charge in [0.15, 0.2) is 0 Å². The molecule has 1 aromatic carbocycles. The first-order valence-corrected chi connectivity index (χ1v) is 6.65. The summed E-state index contributed by atoms with van der Waals surface area (Å²) < 4.78 is 16.3. The molecule has 1 aromatic rings. The number of hydrogen-bond acceptors (Lipinski definition) is 5. The van der Waals surface area contributed by atoms with E-state index in [0.717, 1.165) is 4.47 Å². The summed E-state index contributed by atoms with van der Waals surface area (Å²) in [5, 5.41) is 0. The molecular formula is C14H9BrO5. The van der Waals surface area contributed by atoms with Crippen LogP contribution >= 0.6 is 15.9 Å². The molecule has 1 unspecified atom stereocenters. The monoisotopic (exact) mass is 336 g/mol. The summed E-state index contributed by atoms with van der Waals surface area (Å²) in [6.45, 7) is 0.219. The topological polar surface area (TPSA) is 61.8 Å². The molecule has 5 nitrogen and oxygen atoms in total. The number of ether oxygens (including phenoxy) is 3. The lowest BCUT2D eigenvalue weighted by Crippen LogP contribution is -2.27. The standard InChI is InChI=1S/C14H9BrO5/c15-9-3-1-2-8(6-9)13(17)20-14-10-7-12(16)19-11(10)4-5-18-14/h1-4,6-7,14H,5H2. The zero-order valence-electron chi connectivity index (χ0n) is 10.2. The minimum Gasteiger partial charge on any atom is -0.427 e. The van der Waals surface area contributed by atoms with Crippen molar-refractivity contribution in [3.05, 3.63) is 57.8 Å². The fraction of sp³-hybridized carbons (Fsp3) is 0.143. The summed E-state index contributed by atoms with van der Waals surface area (Å²) >= 11 is 3.28. The van der Waals surface area contributed by atoms with Gasteiger partial charge in [-0.25, -0.2) is 9.59 Å². The molecule has 0 aliphatic carbocycles. The Morgan fingerprint density at radius 2 is 2.25 bits per heavy atom. The zero-order valence-corrected chi connectivity index (χ0v) is 11.8. The molecule has 0 saturated heterocycles. The third-order valence-electron chi connectivity index (χ3n) is 2.81. The number of carbonyl (C=O) groups is 2. The van der Waals surface area contributed by atoms with Gasteiger partial charge in [-0.15, -0.1) is 0 Å². The molecule has 2 aliphatic rings. The molecule has 0 radical (unpaired) electrons. The third-order valence-corrected chi connectivity index (χ3v) is 3.31. The van der Waals surface area contributed by atoms with Crippen LogP contribution in [0.4, 0.5) is 0 Å². The first kappa shape index (κ1) is 13.1. The van der Waals surface area contributed by atoms with E-state index in [2.05, 4.69) is 15.9 Å². The highest BCUT2D eigenvalue weighted by atomic mass is 79.9. The predicted molar refractivity (Wildman–Crippen MR) is 71.6 cm³/mol. The van der Waals surface area contributed by atoms with Crippen LogP contribution in [0.3, 0.4) is 0 Å². The predicted octanol–water partition coefficient (Wildman–Crippen LogP) is 2.33. The summed E-state index contributed by atoms with van der Waals surface area (Å²) in [5.74, 6) is -0.619. The normalized spacial score (nSPS) is 20.6. The Morgan fingerprint density at radius 3 is 3.05 bits per heavy atom. The van der Waals surface area contributed by atoms with Crippen molar-refractivity contribution in [1.29, 1.82) is 0 Å². The van der Waals surface area contributed by atoms with Crippen LogP contribution in [0.1, 0.15) is 10.4 Å². The van der Waals surface area contributed by atoms with Crippen molar-refractivity contribution < 1.29 is 23.8 Å². The van der Waals surface area contributed by atoms with Crippen LogP contribution < -0.4 is 0 Å². The molecule has 3 rings (SSSR count). The highest BCUT2D eigenvalue weighted by Crippen LogP contribution is 2.29. The molecule has 6 heteroatoms. The Labute approximate surface area is 122 Å². The van der Waals surface area contributed by atoms with E-state index in [0.29, 0.717) is 16.9 Å². The average Bonchev–Trinajstić information content (AvgIpc) is 2.80. The van der Waals surface area contributed by atoms with Crippen molar-refractivity contribution in [2.75, 3.05) is 6.61 Å². The lowest BCUT2D eigenvalue weighted by molar-refractivity contribution is -0.132. The highest BCUT2D eigenvalue weighted by Gasteiger charge is 2.33. The number of benzene rings is 1. The van der Waals surface area contributed by atoms with E-state index >= 15 is 0 Å². The molecule has 0 aromatic heterocycles. The lowest BCUT2D eigenvalue weighted by Gasteiger charge is -2.22. The maximum absolute atomic E-state index is 12.0. The van der Waals surface area contributed by atoms with Crippen LogP contribution in [-0.4, -0.2) is 24.8 Å². The molecule has 0 spiro atoms. The Balaban J connectivity index is 1.78. The van der Waals surface area contributed by atoms with Crippen molar-refractivity contribution >= 4 is 27.9 Å². The molecule has 0 saturated carbocycles. The second kappa shape index (κ2) is 5.22. The fourth-order valence-corrected chi connectivity index (χ4v) is 2.32. The summed E-state index contributed by atoms with van der Waals surface area (Å²) in [6.07, 6.45) is 1.97. The Hall–Kier alpha value is -1.92. The van der Waals surface area contributed by atoms with Gasteiger partial charge in [0.1, 0.15) is 5.76 Å². The molecule has 1 atom stereocenters. The molecule has 2 heterocycles. The van der Waals surface area contributed by atoms with E-state index in [9.17, 15) is 9.59 Å². The van der Waals surface area contributed by atoms with Crippen molar-refractivity contribution in [3.8, 4) is 0 Å². The molecule has 0 N–H and O–H groups in total. The van der Waals surface area contributed by atoms with Crippen LogP contribution in [0.15, 0.2) is 52.2 Å². The second-order valence-electron chi connectivity index (χ2n) is 4.17. The van der Waals surface area contributed by atoms with E-state index < -0.39 is 18.2 Å². The highest BCUT2D eigenvalue weighted by molar-refractivity contribution is 9.10. The van der Waals surface area contributed by atoms with E-state index in [1.54, 1.807) is 30.3 Å². The van der Waals surface area contributed by atoms with E-state index in [1.165, 1.54) is 6.08 Å². The first-order valence-electron chi connectivity index (χ1n) is 5.85. The lowest BCUT2D eigenvalue weighted by atomic mass is 10.1. The Kier molecular flexibility index (Phi) is 3.42. The molecule has 20 heavy (non-hydrogen) atoms. The van der Waals surface area contributed by atoms with Crippen LogP contribution in [-0.2, 0) is 19.0 Å². The van der Waals surface area contributed by atoms with Gasteiger partial charge in [-0.2, -0.15) is 0 Å². The fourth-order valence-electron chi connectivity index (χ4n) is 1.92. The molecule has 0 amide bonds. The van der Waals surface area contributed by atoms with Crippen molar-refractivity contribution in [1.82, 2.24) is 0 Å². The van der Waals surface area contributed by atoms with E-state index in [4.69, 9.17) is 14.2 Å². The van der Waals surface area contributed by atoms with Gasteiger partial charge in [-0.1, -0.05) is 22.0 Å². The quantitative estimate of drug-likeness (QED) is 0.775. The van der Waals surface area contributed by atoms with E-state index in [-0.39, 0.29) is 6.61 Å².